The maximum Gasteiger partial charge on any atom is 0.270 e. The van der Waals surface area contributed by atoms with Crippen molar-refractivity contribution in [3.05, 3.63) is 38.3 Å². The number of hydrogen-bond donors (Lipinski definition) is 1. The van der Waals surface area contributed by atoms with Crippen molar-refractivity contribution >= 4 is 21.6 Å². The van der Waals surface area contributed by atoms with Gasteiger partial charge in [-0.15, -0.1) is 0 Å². The molecule has 0 amide bonds. The lowest BCUT2D eigenvalue weighted by Gasteiger charge is -2.10. The van der Waals surface area contributed by atoms with Gasteiger partial charge in [0.15, 0.2) is 0 Å². The molecule has 0 fully saturated rings. The van der Waals surface area contributed by atoms with Crippen LogP contribution in [0.2, 0.25) is 0 Å². The average Bonchev–Trinajstić information content (AvgIpc) is 2.16. The number of hydrogen-bond acceptors (Lipinski definition) is 3. The summed E-state index contributed by atoms with van der Waals surface area (Å²) in [6, 6.07) is 4.56. The van der Waals surface area contributed by atoms with Gasteiger partial charge in [-0.25, -0.2) is 0 Å². The molecule has 1 rings (SSSR count). The maximum absolute atomic E-state index is 10.5. The van der Waals surface area contributed by atoms with E-state index in [1.807, 2.05) is 6.92 Å². The van der Waals surface area contributed by atoms with Gasteiger partial charge in [0, 0.05) is 22.6 Å². The van der Waals surface area contributed by atoms with Gasteiger partial charge in [-0.2, -0.15) is 0 Å². The molecule has 0 aliphatic heterocycles. The number of halogens is 1. The second-order valence-electron chi connectivity index (χ2n) is 2.98. The average molecular weight is 259 g/mol. The molecule has 1 atom stereocenters. The predicted molar refractivity (Wildman–Crippen MR) is 58.0 cm³/mol. The lowest BCUT2D eigenvalue weighted by molar-refractivity contribution is -0.384. The fourth-order valence-corrected chi connectivity index (χ4v) is 1.81. The van der Waals surface area contributed by atoms with E-state index in [4.69, 9.17) is 5.73 Å². The van der Waals surface area contributed by atoms with Crippen LogP contribution in [0.5, 0.6) is 0 Å². The summed E-state index contributed by atoms with van der Waals surface area (Å²) >= 11 is 3.27. The van der Waals surface area contributed by atoms with Crippen molar-refractivity contribution < 1.29 is 4.92 Å². The van der Waals surface area contributed by atoms with E-state index in [0.717, 1.165) is 12.0 Å². The first kappa shape index (κ1) is 11.1. The molecule has 1 aromatic rings. The van der Waals surface area contributed by atoms with Crippen molar-refractivity contribution in [3.63, 3.8) is 0 Å². The first-order valence-corrected chi connectivity index (χ1v) is 5.05. The monoisotopic (exact) mass is 258 g/mol. The number of nitrogens with two attached hydrogens (primary N) is 1. The molecule has 14 heavy (non-hydrogen) atoms. The van der Waals surface area contributed by atoms with Crippen LogP contribution in [-0.4, -0.2) is 4.92 Å². The Morgan fingerprint density at radius 1 is 1.64 bits per heavy atom. The lowest BCUT2D eigenvalue weighted by atomic mass is 10.1. The molecule has 0 saturated carbocycles. The van der Waals surface area contributed by atoms with Crippen LogP contribution < -0.4 is 5.73 Å². The van der Waals surface area contributed by atoms with E-state index in [1.54, 1.807) is 6.07 Å². The molecule has 2 N–H and O–H groups in total. The highest BCUT2D eigenvalue weighted by atomic mass is 79.9. The van der Waals surface area contributed by atoms with Crippen molar-refractivity contribution in [2.75, 3.05) is 0 Å². The first-order chi connectivity index (χ1) is 6.56. The standard InChI is InChI=1S/C9H11BrN2O2/c1-2-9(11)7-4-3-6(12(13)14)5-8(7)10/h3-5,9H,2,11H2,1H3/t9-/m1/s1. The van der Waals surface area contributed by atoms with E-state index in [1.165, 1.54) is 12.1 Å². The largest absolute Gasteiger partial charge is 0.324 e. The number of nitro groups is 1. The zero-order chi connectivity index (χ0) is 10.7. The molecule has 0 aliphatic rings. The highest BCUT2D eigenvalue weighted by Gasteiger charge is 2.12. The number of benzene rings is 1. The second-order valence-corrected chi connectivity index (χ2v) is 3.83. The summed E-state index contributed by atoms with van der Waals surface area (Å²) in [6.07, 6.45) is 0.802. The summed E-state index contributed by atoms with van der Waals surface area (Å²) in [6.45, 7) is 1.97. The third-order valence-electron chi connectivity index (χ3n) is 2.03. The molecule has 0 bridgehead atoms. The summed E-state index contributed by atoms with van der Waals surface area (Å²) in [5, 5.41) is 10.5. The third kappa shape index (κ3) is 2.30. The molecule has 76 valence electrons. The van der Waals surface area contributed by atoms with Crippen LogP contribution in [0.15, 0.2) is 22.7 Å². The van der Waals surface area contributed by atoms with Gasteiger partial charge in [0.1, 0.15) is 0 Å². The van der Waals surface area contributed by atoms with Crippen molar-refractivity contribution in [1.29, 1.82) is 0 Å². The van der Waals surface area contributed by atoms with Crippen molar-refractivity contribution in [2.24, 2.45) is 5.73 Å². The number of nitrogens with zero attached hydrogens (tertiary/aromatic N) is 1. The Morgan fingerprint density at radius 3 is 2.71 bits per heavy atom. The molecule has 5 heteroatoms. The van der Waals surface area contributed by atoms with Gasteiger partial charge >= 0.3 is 0 Å². The predicted octanol–water partition coefficient (Wildman–Crippen LogP) is 2.77. The molecule has 0 saturated heterocycles. The van der Waals surface area contributed by atoms with Crippen LogP contribution in [0.1, 0.15) is 24.9 Å². The molecule has 4 nitrogen and oxygen atoms in total. The molecule has 0 unspecified atom stereocenters. The van der Waals surface area contributed by atoms with Gasteiger partial charge < -0.3 is 5.73 Å². The normalized spacial score (nSPS) is 12.5. The molecular formula is C9H11BrN2O2. The van der Waals surface area contributed by atoms with Crippen molar-refractivity contribution in [1.82, 2.24) is 0 Å². The summed E-state index contributed by atoms with van der Waals surface area (Å²) in [5.41, 5.74) is 6.80. The second kappa shape index (κ2) is 4.52. The molecule has 0 aromatic heterocycles. The molecule has 0 radical (unpaired) electrons. The Hall–Kier alpha value is -0.940. The minimum atomic E-state index is -0.425. The number of non-ortho nitro benzene ring substituents is 1. The fourth-order valence-electron chi connectivity index (χ4n) is 1.15. The zero-order valence-electron chi connectivity index (χ0n) is 7.74. The Bertz CT molecular complexity index is 355. The Balaban J connectivity index is 3.07. The van der Waals surface area contributed by atoms with E-state index in [-0.39, 0.29) is 11.7 Å². The van der Waals surface area contributed by atoms with Gasteiger partial charge in [0.05, 0.1) is 4.92 Å². The molecule has 0 heterocycles. The molecule has 0 spiro atoms. The minimum Gasteiger partial charge on any atom is -0.324 e. The minimum absolute atomic E-state index is 0.0731. The summed E-state index contributed by atoms with van der Waals surface area (Å²) in [7, 11) is 0. The Morgan fingerprint density at radius 2 is 2.29 bits per heavy atom. The first-order valence-electron chi connectivity index (χ1n) is 4.25. The van der Waals surface area contributed by atoms with Gasteiger partial charge in [-0.3, -0.25) is 10.1 Å². The number of rotatable bonds is 3. The highest BCUT2D eigenvalue weighted by Crippen LogP contribution is 2.27. The van der Waals surface area contributed by atoms with E-state index >= 15 is 0 Å². The van der Waals surface area contributed by atoms with Gasteiger partial charge in [0.2, 0.25) is 0 Å². The summed E-state index contributed by atoms with van der Waals surface area (Å²) in [5.74, 6) is 0. The van der Waals surface area contributed by atoms with Crippen LogP contribution in [-0.2, 0) is 0 Å². The summed E-state index contributed by atoms with van der Waals surface area (Å²) in [4.78, 5) is 10.0. The Kier molecular flexibility index (Phi) is 3.60. The fraction of sp³-hybridized carbons (Fsp3) is 0.333. The van der Waals surface area contributed by atoms with Gasteiger partial charge in [0.25, 0.3) is 5.69 Å². The summed E-state index contributed by atoms with van der Waals surface area (Å²) < 4.78 is 0.695. The maximum atomic E-state index is 10.5. The molecule has 1 aromatic carbocycles. The molecule has 0 aliphatic carbocycles. The van der Waals surface area contributed by atoms with Crippen LogP contribution in [0, 0.1) is 10.1 Å². The van der Waals surface area contributed by atoms with Gasteiger partial charge in [-0.1, -0.05) is 22.9 Å². The quantitative estimate of drug-likeness (QED) is 0.670. The van der Waals surface area contributed by atoms with Crippen molar-refractivity contribution in [2.45, 2.75) is 19.4 Å². The van der Waals surface area contributed by atoms with E-state index in [2.05, 4.69) is 15.9 Å². The molecular weight excluding hydrogens is 248 g/mol. The third-order valence-corrected chi connectivity index (χ3v) is 2.72. The zero-order valence-corrected chi connectivity index (χ0v) is 9.32. The van der Waals surface area contributed by atoms with Gasteiger partial charge in [-0.05, 0) is 18.1 Å². The van der Waals surface area contributed by atoms with E-state index < -0.39 is 4.92 Å². The Labute approximate surface area is 90.4 Å². The van der Waals surface area contributed by atoms with E-state index in [0.29, 0.717) is 4.47 Å². The SMILES string of the molecule is CC[C@@H](N)c1ccc([N+](=O)[O-])cc1Br. The smallest absolute Gasteiger partial charge is 0.270 e. The number of nitro benzene ring substituents is 1. The topological polar surface area (TPSA) is 69.2 Å². The van der Waals surface area contributed by atoms with Crippen LogP contribution in [0.3, 0.4) is 0 Å². The van der Waals surface area contributed by atoms with Crippen LogP contribution >= 0.6 is 15.9 Å². The van der Waals surface area contributed by atoms with Crippen molar-refractivity contribution in [3.8, 4) is 0 Å². The lowest BCUT2D eigenvalue weighted by Crippen LogP contribution is -2.09. The van der Waals surface area contributed by atoms with Crippen LogP contribution in [0.4, 0.5) is 5.69 Å². The van der Waals surface area contributed by atoms with E-state index in [9.17, 15) is 10.1 Å². The van der Waals surface area contributed by atoms with Crippen LogP contribution in [0.25, 0.3) is 0 Å². The highest BCUT2D eigenvalue weighted by molar-refractivity contribution is 9.10.